The van der Waals surface area contributed by atoms with Crippen LogP contribution < -0.4 is 15.1 Å². The van der Waals surface area contributed by atoms with E-state index in [1.165, 1.54) is 10.6 Å². The second kappa shape index (κ2) is 8.18. The number of amides is 1. The van der Waals surface area contributed by atoms with Crippen LogP contribution in [0.4, 0.5) is 11.4 Å². The molecule has 2 N–H and O–H groups in total. The van der Waals surface area contributed by atoms with E-state index in [1.807, 2.05) is 18.2 Å². The van der Waals surface area contributed by atoms with Crippen LogP contribution in [-0.2, 0) is 4.79 Å². The van der Waals surface area contributed by atoms with Gasteiger partial charge in [-0.15, -0.1) is 0 Å². The zero-order valence-corrected chi connectivity index (χ0v) is 14.4. The van der Waals surface area contributed by atoms with Crippen LogP contribution in [0.1, 0.15) is 6.42 Å². The lowest BCUT2D eigenvalue weighted by molar-refractivity contribution is -0.900. The molecule has 2 aromatic carbocycles. The Balaban J connectivity index is 1.40. The van der Waals surface area contributed by atoms with Gasteiger partial charge in [0.2, 0.25) is 5.91 Å². The molecule has 1 amide bonds. The summed E-state index contributed by atoms with van der Waals surface area (Å²) in [7, 11) is 0. The van der Waals surface area contributed by atoms with Crippen LogP contribution in [0.15, 0.2) is 54.6 Å². The maximum Gasteiger partial charge on any atom is 0.230 e. The van der Waals surface area contributed by atoms with Gasteiger partial charge in [-0.25, -0.2) is 0 Å². The molecule has 0 aliphatic carbocycles. The van der Waals surface area contributed by atoms with Gasteiger partial charge >= 0.3 is 0 Å². The van der Waals surface area contributed by atoms with E-state index in [0.717, 1.165) is 38.4 Å². The smallest absolute Gasteiger partial charge is 0.230 e. The fourth-order valence-corrected chi connectivity index (χ4v) is 3.14. The standard InChI is InChI=1S/C19H22ClN3O/c20-16-6-8-17(9-7-16)21-19(24)10-11-22-12-14-23(15-13-22)18-4-2-1-3-5-18/h1-9H,10-15H2,(H,21,24)/p+1. The van der Waals surface area contributed by atoms with Gasteiger partial charge in [-0.05, 0) is 36.4 Å². The number of rotatable bonds is 5. The van der Waals surface area contributed by atoms with E-state index in [0.29, 0.717) is 11.4 Å². The SMILES string of the molecule is O=C(CC[NH+]1CCN(c2ccccc2)CC1)Nc1ccc(Cl)cc1. The van der Waals surface area contributed by atoms with Crippen molar-refractivity contribution in [2.24, 2.45) is 0 Å². The Morgan fingerprint density at radius 2 is 1.71 bits per heavy atom. The van der Waals surface area contributed by atoms with Crippen molar-refractivity contribution in [2.45, 2.75) is 6.42 Å². The lowest BCUT2D eigenvalue weighted by Gasteiger charge is -2.33. The number of nitrogens with zero attached hydrogens (tertiary/aromatic N) is 1. The van der Waals surface area contributed by atoms with E-state index in [9.17, 15) is 4.79 Å². The average Bonchev–Trinajstić information content (AvgIpc) is 2.63. The van der Waals surface area contributed by atoms with Crippen molar-refractivity contribution in [3.8, 4) is 0 Å². The van der Waals surface area contributed by atoms with Crippen LogP contribution in [0, 0.1) is 0 Å². The van der Waals surface area contributed by atoms with Crippen molar-refractivity contribution in [3.05, 3.63) is 59.6 Å². The summed E-state index contributed by atoms with van der Waals surface area (Å²) in [6.45, 7) is 5.10. The monoisotopic (exact) mass is 344 g/mol. The quantitative estimate of drug-likeness (QED) is 0.871. The minimum atomic E-state index is 0.0651. The summed E-state index contributed by atoms with van der Waals surface area (Å²) in [5.41, 5.74) is 2.09. The minimum absolute atomic E-state index is 0.0651. The summed E-state index contributed by atoms with van der Waals surface area (Å²) in [4.78, 5) is 16.0. The molecular weight excluding hydrogens is 322 g/mol. The third-order valence-electron chi connectivity index (χ3n) is 4.43. The molecule has 0 atom stereocenters. The second-order valence-electron chi connectivity index (χ2n) is 6.13. The minimum Gasteiger partial charge on any atom is -0.360 e. The van der Waals surface area contributed by atoms with E-state index >= 15 is 0 Å². The fourth-order valence-electron chi connectivity index (χ4n) is 3.02. The lowest BCUT2D eigenvalue weighted by atomic mass is 10.2. The van der Waals surface area contributed by atoms with Gasteiger partial charge in [0.25, 0.3) is 0 Å². The number of benzene rings is 2. The number of quaternary nitrogens is 1. The van der Waals surface area contributed by atoms with Crippen LogP contribution in [0.3, 0.4) is 0 Å². The van der Waals surface area contributed by atoms with Gasteiger partial charge in [0.15, 0.2) is 0 Å². The number of hydrogen-bond donors (Lipinski definition) is 2. The van der Waals surface area contributed by atoms with Gasteiger partial charge < -0.3 is 15.1 Å². The molecule has 5 heteroatoms. The van der Waals surface area contributed by atoms with Gasteiger partial charge in [-0.1, -0.05) is 29.8 Å². The molecule has 24 heavy (non-hydrogen) atoms. The molecule has 0 bridgehead atoms. The van der Waals surface area contributed by atoms with Crippen LogP contribution in [0.2, 0.25) is 5.02 Å². The molecular formula is C19H23ClN3O+. The van der Waals surface area contributed by atoms with Crippen molar-refractivity contribution >= 4 is 28.9 Å². The predicted octanol–water partition coefficient (Wildman–Crippen LogP) is 2.07. The van der Waals surface area contributed by atoms with Gasteiger partial charge in [0.1, 0.15) is 0 Å². The number of piperazine rings is 1. The predicted molar refractivity (Wildman–Crippen MR) is 98.9 cm³/mol. The number of halogens is 1. The molecule has 0 spiro atoms. The first kappa shape index (κ1) is 16.8. The van der Waals surface area contributed by atoms with Crippen molar-refractivity contribution in [1.29, 1.82) is 0 Å². The summed E-state index contributed by atoms with van der Waals surface area (Å²) in [5, 5.41) is 3.60. The first-order valence-electron chi connectivity index (χ1n) is 8.40. The molecule has 1 aliphatic rings. The molecule has 1 fully saturated rings. The van der Waals surface area contributed by atoms with Crippen LogP contribution >= 0.6 is 11.6 Å². The molecule has 2 aromatic rings. The third kappa shape index (κ3) is 4.73. The maximum absolute atomic E-state index is 12.1. The van der Waals surface area contributed by atoms with Gasteiger partial charge in [-0.2, -0.15) is 0 Å². The number of carbonyl (C=O) groups excluding carboxylic acids is 1. The first-order valence-corrected chi connectivity index (χ1v) is 8.77. The molecule has 0 aromatic heterocycles. The fraction of sp³-hybridized carbons (Fsp3) is 0.316. The van der Waals surface area contributed by atoms with Crippen LogP contribution in [0.25, 0.3) is 0 Å². The van der Waals surface area contributed by atoms with Crippen LogP contribution in [-0.4, -0.2) is 38.6 Å². The van der Waals surface area contributed by atoms with Crippen molar-refractivity contribution < 1.29 is 9.69 Å². The molecule has 1 saturated heterocycles. The Bertz CT molecular complexity index is 652. The molecule has 1 heterocycles. The highest BCUT2D eigenvalue weighted by Gasteiger charge is 2.20. The highest BCUT2D eigenvalue weighted by molar-refractivity contribution is 6.30. The first-order chi connectivity index (χ1) is 11.7. The largest absolute Gasteiger partial charge is 0.360 e. The van der Waals surface area contributed by atoms with Crippen molar-refractivity contribution in [2.75, 3.05) is 42.9 Å². The van der Waals surface area contributed by atoms with Gasteiger partial charge in [0, 0.05) is 16.4 Å². The normalized spacial score (nSPS) is 15.3. The van der Waals surface area contributed by atoms with Crippen molar-refractivity contribution in [3.63, 3.8) is 0 Å². The van der Waals surface area contributed by atoms with Crippen LogP contribution in [0.5, 0.6) is 0 Å². The Morgan fingerprint density at radius 1 is 1.04 bits per heavy atom. The molecule has 0 radical (unpaired) electrons. The topological polar surface area (TPSA) is 36.8 Å². The molecule has 0 saturated carbocycles. The summed E-state index contributed by atoms with van der Waals surface area (Å²) in [6, 6.07) is 17.7. The summed E-state index contributed by atoms with van der Waals surface area (Å²) in [5.74, 6) is 0.0651. The van der Waals surface area contributed by atoms with E-state index in [-0.39, 0.29) is 5.91 Å². The van der Waals surface area contributed by atoms with E-state index in [4.69, 9.17) is 11.6 Å². The molecule has 1 aliphatic heterocycles. The number of carbonyl (C=O) groups is 1. The Labute approximate surface area is 148 Å². The maximum atomic E-state index is 12.1. The molecule has 4 nitrogen and oxygen atoms in total. The summed E-state index contributed by atoms with van der Waals surface area (Å²) < 4.78 is 0. The zero-order valence-electron chi connectivity index (χ0n) is 13.7. The summed E-state index contributed by atoms with van der Waals surface area (Å²) in [6.07, 6.45) is 0.545. The van der Waals surface area contributed by atoms with Gasteiger partial charge in [-0.3, -0.25) is 4.79 Å². The van der Waals surface area contributed by atoms with Crippen molar-refractivity contribution in [1.82, 2.24) is 0 Å². The Morgan fingerprint density at radius 3 is 2.38 bits per heavy atom. The Hall–Kier alpha value is -2.04. The number of hydrogen-bond acceptors (Lipinski definition) is 2. The molecule has 0 unspecified atom stereocenters. The third-order valence-corrected chi connectivity index (χ3v) is 4.68. The number of anilines is 2. The number of para-hydroxylation sites is 1. The lowest BCUT2D eigenvalue weighted by Crippen LogP contribution is -3.15. The van der Waals surface area contributed by atoms with E-state index in [1.54, 1.807) is 12.1 Å². The summed E-state index contributed by atoms with van der Waals surface area (Å²) >= 11 is 5.85. The number of nitrogens with one attached hydrogen (secondary N) is 2. The second-order valence-corrected chi connectivity index (χ2v) is 6.56. The molecule has 3 rings (SSSR count). The zero-order chi connectivity index (χ0) is 16.8. The van der Waals surface area contributed by atoms with E-state index in [2.05, 4.69) is 34.5 Å². The molecule has 126 valence electrons. The average molecular weight is 345 g/mol. The Kier molecular flexibility index (Phi) is 5.72. The van der Waals surface area contributed by atoms with Gasteiger partial charge in [0.05, 0.1) is 39.1 Å². The highest BCUT2D eigenvalue weighted by Crippen LogP contribution is 2.14. The van der Waals surface area contributed by atoms with E-state index < -0.39 is 0 Å². The highest BCUT2D eigenvalue weighted by atomic mass is 35.5.